The summed E-state index contributed by atoms with van der Waals surface area (Å²) in [6.07, 6.45) is 2.45. The Labute approximate surface area is 186 Å². The molecule has 7 heteroatoms. The number of carbonyl (C=O) groups is 2. The SMILES string of the molecule is Cc1ccc(CN2CC[C@@H](N3CCC(c4ccc5c(c4)C(F)(F)C(=O)N5)CC3)C2=O)cc1. The van der Waals surface area contributed by atoms with Gasteiger partial charge in [0, 0.05) is 13.1 Å². The van der Waals surface area contributed by atoms with Crippen LogP contribution in [0.3, 0.4) is 0 Å². The van der Waals surface area contributed by atoms with Gasteiger partial charge in [0.2, 0.25) is 5.91 Å². The predicted octanol–water partition coefficient (Wildman–Crippen LogP) is 4.02. The van der Waals surface area contributed by atoms with Gasteiger partial charge in [0.05, 0.1) is 17.3 Å². The second-order valence-electron chi connectivity index (χ2n) is 9.19. The minimum Gasteiger partial charge on any atom is -0.337 e. The first-order valence-corrected chi connectivity index (χ1v) is 11.2. The topological polar surface area (TPSA) is 52.6 Å². The van der Waals surface area contributed by atoms with Crippen molar-refractivity contribution >= 4 is 17.5 Å². The van der Waals surface area contributed by atoms with E-state index in [4.69, 9.17) is 0 Å². The minimum atomic E-state index is -3.47. The number of fused-ring (bicyclic) bond motifs is 1. The molecular weight excluding hydrogens is 412 g/mol. The first-order chi connectivity index (χ1) is 15.3. The van der Waals surface area contributed by atoms with E-state index in [0.717, 1.165) is 50.0 Å². The molecule has 0 saturated carbocycles. The molecule has 0 radical (unpaired) electrons. The van der Waals surface area contributed by atoms with Gasteiger partial charge in [-0.1, -0.05) is 35.9 Å². The molecule has 3 aliphatic heterocycles. The number of halogens is 2. The van der Waals surface area contributed by atoms with Crippen molar-refractivity contribution in [3.05, 3.63) is 64.7 Å². The van der Waals surface area contributed by atoms with E-state index in [1.54, 1.807) is 6.07 Å². The standard InChI is InChI=1S/C25H27F2N3O2/c1-16-2-4-17(5-3-16)15-30-13-10-22(23(30)31)29-11-8-18(9-12-29)19-6-7-21-20(14-19)25(26,27)24(32)28-21/h2-7,14,18,22H,8-13,15H2,1H3,(H,28,32)/t22-/m1/s1. The van der Waals surface area contributed by atoms with Crippen LogP contribution in [-0.2, 0) is 22.1 Å². The van der Waals surface area contributed by atoms with E-state index in [1.165, 1.54) is 11.6 Å². The number of rotatable bonds is 4. The average molecular weight is 440 g/mol. The summed E-state index contributed by atoms with van der Waals surface area (Å²) in [7, 11) is 0. The Morgan fingerprint density at radius 1 is 1.00 bits per heavy atom. The Hall–Kier alpha value is -2.80. The lowest BCUT2D eigenvalue weighted by Crippen LogP contribution is -2.45. The van der Waals surface area contributed by atoms with Gasteiger partial charge < -0.3 is 10.2 Å². The Morgan fingerprint density at radius 3 is 2.44 bits per heavy atom. The molecule has 1 atom stereocenters. The highest BCUT2D eigenvalue weighted by atomic mass is 19.3. The lowest BCUT2D eigenvalue weighted by atomic mass is 9.87. The number of benzene rings is 2. The molecular formula is C25H27F2N3O2. The third-order valence-corrected chi connectivity index (χ3v) is 7.12. The number of aryl methyl sites for hydroxylation is 1. The van der Waals surface area contributed by atoms with Gasteiger partial charge in [-0.05, 0) is 68.5 Å². The molecule has 0 bridgehead atoms. The fourth-order valence-electron chi connectivity index (χ4n) is 5.18. The molecule has 0 unspecified atom stereocenters. The fourth-order valence-corrected chi connectivity index (χ4v) is 5.18. The minimum absolute atomic E-state index is 0.0902. The van der Waals surface area contributed by atoms with E-state index < -0.39 is 11.8 Å². The molecule has 5 nitrogen and oxygen atoms in total. The number of carbonyl (C=O) groups excluding carboxylic acids is 2. The molecule has 0 aromatic heterocycles. The van der Waals surface area contributed by atoms with E-state index in [-0.39, 0.29) is 29.1 Å². The van der Waals surface area contributed by atoms with Crippen molar-refractivity contribution in [3.63, 3.8) is 0 Å². The Bertz CT molecular complexity index is 1050. The first-order valence-electron chi connectivity index (χ1n) is 11.2. The van der Waals surface area contributed by atoms with Crippen LogP contribution in [0.15, 0.2) is 42.5 Å². The van der Waals surface area contributed by atoms with Crippen molar-refractivity contribution in [2.45, 2.75) is 50.6 Å². The van der Waals surface area contributed by atoms with Gasteiger partial charge in [0.15, 0.2) is 0 Å². The van der Waals surface area contributed by atoms with E-state index in [0.29, 0.717) is 6.54 Å². The molecule has 32 heavy (non-hydrogen) atoms. The van der Waals surface area contributed by atoms with Crippen molar-refractivity contribution in [2.75, 3.05) is 25.0 Å². The van der Waals surface area contributed by atoms with E-state index >= 15 is 0 Å². The van der Waals surface area contributed by atoms with Gasteiger partial charge in [-0.2, -0.15) is 8.78 Å². The average Bonchev–Trinajstić information content (AvgIpc) is 3.26. The van der Waals surface area contributed by atoms with Gasteiger partial charge in [-0.15, -0.1) is 0 Å². The number of nitrogens with one attached hydrogen (secondary N) is 1. The molecule has 2 saturated heterocycles. The summed E-state index contributed by atoms with van der Waals surface area (Å²) in [6.45, 7) is 4.99. The molecule has 2 aromatic carbocycles. The molecule has 1 N–H and O–H groups in total. The summed E-state index contributed by atoms with van der Waals surface area (Å²) in [5.74, 6) is -4.38. The van der Waals surface area contributed by atoms with Gasteiger partial charge in [0.25, 0.3) is 5.91 Å². The van der Waals surface area contributed by atoms with Gasteiger partial charge in [-0.3, -0.25) is 14.5 Å². The first kappa shape index (κ1) is 21.1. The maximum Gasteiger partial charge on any atom is 0.352 e. The highest BCUT2D eigenvalue weighted by Crippen LogP contribution is 2.42. The molecule has 3 aliphatic rings. The second kappa shape index (κ2) is 7.96. The van der Waals surface area contributed by atoms with Crippen LogP contribution < -0.4 is 5.32 Å². The van der Waals surface area contributed by atoms with E-state index in [2.05, 4.69) is 41.4 Å². The third kappa shape index (κ3) is 3.68. The molecule has 2 amide bonds. The van der Waals surface area contributed by atoms with Crippen molar-refractivity contribution in [1.82, 2.24) is 9.80 Å². The molecule has 0 aliphatic carbocycles. The maximum absolute atomic E-state index is 14.1. The molecule has 3 heterocycles. The number of likely N-dealkylation sites (tertiary alicyclic amines) is 2. The maximum atomic E-state index is 14.1. The predicted molar refractivity (Wildman–Crippen MR) is 118 cm³/mol. The number of piperidine rings is 1. The number of nitrogens with zero attached hydrogens (tertiary/aromatic N) is 2. The summed E-state index contributed by atoms with van der Waals surface area (Å²) in [6, 6.07) is 13.1. The number of amides is 2. The number of anilines is 1. The quantitative estimate of drug-likeness (QED) is 0.783. The smallest absolute Gasteiger partial charge is 0.337 e. The zero-order valence-corrected chi connectivity index (χ0v) is 18.1. The molecule has 168 valence electrons. The highest BCUT2D eigenvalue weighted by molar-refractivity contribution is 6.03. The Balaban J connectivity index is 1.20. The van der Waals surface area contributed by atoms with Crippen molar-refractivity contribution in [1.29, 1.82) is 0 Å². The van der Waals surface area contributed by atoms with Gasteiger partial charge >= 0.3 is 5.92 Å². The van der Waals surface area contributed by atoms with Crippen molar-refractivity contribution < 1.29 is 18.4 Å². The van der Waals surface area contributed by atoms with Crippen molar-refractivity contribution in [2.24, 2.45) is 0 Å². The fraction of sp³-hybridized carbons (Fsp3) is 0.440. The lowest BCUT2D eigenvalue weighted by molar-refractivity contribution is -0.139. The van der Waals surface area contributed by atoms with Gasteiger partial charge in [-0.25, -0.2) is 0 Å². The number of hydrogen-bond donors (Lipinski definition) is 1. The Kier molecular flexibility index (Phi) is 5.24. The summed E-state index contributed by atoms with van der Waals surface area (Å²) in [5, 5.41) is 2.25. The van der Waals surface area contributed by atoms with Crippen LogP contribution in [-0.4, -0.2) is 47.3 Å². The number of hydrogen-bond acceptors (Lipinski definition) is 3. The summed E-state index contributed by atoms with van der Waals surface area (Å²) < 4.78 is 28.3. The monoisotopic (exact) mass is 439 g/mol. The largest absolute Gasteiger partial charge is 0.352 e. The summed E-state index contributed by atoms with van der Waals surface area (Å²) >= 11 is 0. The molecule has 5 rings (SSSR count). The van der Waals surface area contributed by atoms with Crippen LogP contribution >= 0.6 is 0 Å². The van der Waals surface area contributed by atoms with Crippen LogP contribution in [0.1, 0.15) is 47.4 Å². The van der Waals surface area contributed by atoms with Crippen LogP contribution in [0.2, 0.25) is 0 Å². The van der Waals surface area contributed by atoms with Crippen LogP contribution in [0.4, 0.5) is 14.5 Å². The molecule has 2 aromatic rings. The highest BCUT2D eigenvalue weighted by Gasteiger charge is 2.48. The zero-order chi connectivity index (χ0) is 22.5. The number of alkyl halides is 2. The normalized spacial score (nSPS) is 23.5. The summed E-state index contributed by atoms with van der Waals surface area (Å²) in [4.78, 5) is 28.7. The van der Waals surface area contributed by atoms with E-state index in [9.17, 15) is 18.4 Å². The Morgan fingerprint density at radius 2 is 1.72 bits per heavy atom. The van der Waals surface area contributed by atoms with Crippen LogP contribution in [0, 0.1) is 6.92 Å². The molecule has 0 spiro atoms. The lowest BCUT2D eigenvalue weighted by Gasteiger charge is -2.35. The van der Waals surface area contributed by atoms with Crippen molar-refractivity contribution in [3.8, 4) is 0 Å². The second-order valence-corrected chi connectivity index (χ2v) is 9.19. The molecule has 2 fully saturated rings. The third-order valence-electron chi connectivity index (χ3n) is 7.12. The zero-order valence-electron chi connectivity index (χ0n) is 18.1. The van der Waals surface area contributed by atoms with Crippen LogP contribution in [0.5, 0.6) is 0 Å². The van der Waals surface area contributed by atoms with Gasteiger partial charge in [0.1, 0.15) is 0 Å². The van der Waals surface area contributed by atoms with E-state index in [1.807, 2.05) is 11.0 Å². The summed E-state index contributed by atoms with van der Waals surface area (Å²) in [5.41, 5.74) is 3.17. The van der Waals surface area contributed by atoms with Crippen LogP contribution in [0.25, 0.3) is 0 Å².